The van der Waals surface area contributed by atoms with Gasteiger partial charge in [-0.25, -0.2) is 9.97 Å². The van der Waals surface area contributed by atoms with E-state index < -0.39 is 0 Å². The van der Waals surface area contributed by atoms with Crippen molar-refractivity contribution in [3.05, 3.63) is 149 Å². The first-order valence-electron chi connectivity index (χ1n) is 13.0. The Morgan fingerprint density at radius 3 is 1.90 bits per heavy atom. The van der Waals surface area contributed by atoms with Gasteiger partial charge in [0.1, 0.15) is 0 Å². The molecule has 0 unspecified atom stereocenters. The molecule has 196 valence electrons. The Morgan fingerprint density at radius 1 is 0.675 bits per heavy atom. The van der Waals surface area contributed by atoms with Crippen molar-refractivity contribution in [3.8, 4) is 33.6 Å². The number of hydrogen-bond donors (Lipinski definition) is 0. The summed E-state index contributed by atoms with van der Waals surface area (Å²) in [7, 11) is 0. The minimum Gasteiger partial charge on any atom is -0.326 e. The Labute approximate surface area is 232 Å². The maximum absolute atomic E-state index is 12.1. The highest BCUT2D eigenvalue weighted by atomic mass is 16.6. The van der Waals surface area contributed by atoms with Gasteiger partial charge in [-0.1, -0.05) is 90.5 Å². The maximum atomic E-state index is 12.1. The maximum Gasteiger partial charge on any atom is 0.275 e. The summed E-state index contributed by atoms with van der Waals surface area (Å²) in [6, 6.07) is 31.9. The quantitative estimate of drug-likeness (QED) is 0.153. The molecule has 0 bridgehead atoms. The van der Waals surface area contributed by atoms with Crippen molar-refractivity contribution in [2.45, 2.75) is 20.0 Å². The highest BCUT2D eigenvalue weighted by Crippen LogP contribution is 2.31. The van der Waals surface area contributed by atoms with Gasteiger partial charge in [-0.05, 0) is 40.8 Å². The molecule has 0 saturated heterocycles. The normalized spacial score (nSPS) is 11.0. The molecule has 7 heteroatoms. The van der Waals surface area contributed by atoms with Gasteiger partial charge in [-0.2, -0.15) is 0 Å². The molecule has 2 aromatic heterocycles. The molecule has 0 radical (unpaired) electrons. The van der Waals surface area contributed by atoms with Crippen molar-refractivity contribution in [1.82, 2.24) is 19.1 Å². The number of hydrogen-bond acceptors (Lipinski definition) is 4. The second kappa shape index (κ2) is 10.8. The Morgan fingerprint density at radius 2 is 1.25 bits per heavy atom. The third-order valence-corrected chi connectivity index (χ3v) is 7.10. The van der Waals surface area contributed by atoms with Crippen LogP contribution in [0.4, 0.5) is 5.69 Å². The summed E-state index contributed by atoms with van der Waals surface area (Å²) in [5, 5.41) is 12.1. The van der Waals surface area contributed by atoms with E-state index in [9.17, 15) is 10.1 Å². The van der Waals surface area contributed by atoms with Gasteiger partial charge >= 0.3 is 0 Å². The first kappa shape index (κ1) is 25.0. The number of nitrogens with zero attached hydrogens (tertiary/aromatic N) is 5. The average Bonchev–Trinajstić information content (AvgIpc) is 3.65. The largest absolute Gasteiger partial charge is 0.326 e. The van der Waals surface area contributed by atoms with Gasteiger partial charge in [0.15, 0.2) is 0 Å². The van der Waals surface area contributed by atoms with E-state index in [-0.39, 0.29) is 10.6 Å². The van der Waals surface area contributed by atoms with Crippen LogP contribution in [0.3, 0.4) is 0 Å². The summed E-state index contributed by atoms with van der Waals surface area (Å²) < 4.78 is 4.06. The zero-order valence-electron chi connectivity index (χ0n) is 22.0. The topological polar surface area (TPSA) is 78.8 Å². The molecule has 0 N–H and O–H groups in total. The Bertz CT molecular complexity index is 1770. The first-order chi connectivity index (χ1) is 19.5. The predicted molar refractivity (Wildman–Crippen MR) is 157 cm³/mol. The lowest BCUT2D eigenvalue weighted by Crippen LogP contribution is -2.04. The molecule has 0 spiro atoms. The second-order valence-corrected chi connectivity index (χ2v) is 9.84. The molecule has 6 aromatic rings. The van der Waals surface area contributed by atoms with Gasteiger partial charge in [-0.3, -0.25) is 10.1 Å². The van der Waals surface area contributed by atoms with E-state index >= 15 is 0 Å². The van der Waals surface area contributed by atoms with Crippen molar-refractivity contribution >= 4 is 5.69 Å². The molecule has 40 heavy (non-hydrogen) atoms. The van der Waals surface area contributed by atoms with Gasteiger partial charge in [0.2, 0.25) is 0 Å². The Hall–Kier alpha value is -5.30. The number of aromatic nitrogens is 4. The number of aryl methyl sites for hydroxylation is 1. The molecular formula is C33H27N5O2. The van der Waals surface area contributed by atoms with E-state index in [2.05, 4.69) is 45.7 Å². The molecule has 2 heterocycles. The summed E-state index contributed by atoms with van der Waals surface area (Å²) >= 11 is 0. The molecule has 0 aliphatic rings. The van der Waals surface area contributed by atoms with Crippen LogP contribution in [0.1, 0.15) is 16.7 Å². The Balaban J connectivity index is 1.25. The van der Waals surface area contributed by atoms with Crippen LogP contribution in [0.15, 0.2) is 122 Å². The average molecular weight is 526 g/mol. The molecular weight excluding hydrogens is 498 g/mol. The van der Waals surface area contributed by atoms with E-state index in [1.165, 1.54) is 11.1 Å². The molecule has 0 saturated carbocycles. The van der Waals surface area contributed by atoms with E-state index in [1.54, 1.807) is 18.6 Å². The van der Waals surface area contributed by atoms with Crippen molar-refractivity contribution < 1.29 is 4.92 Å². The van der Waals surface area contributed by atoms with E-state index in [0.717, 1.165) is 40.2 Å². The summed E-state index contributed by atoms with van der Waals surface area (Å²) in [5.74, 6) is 0. The minimum absolute atomic E-state index is 0.0884. The van der Waals surface area contributed by atoms with E-state index in [0.29, 0.717) is 12.1 Å². The number of nitro groups is 1. The fourth-order valence-corrected chi connectivity index (χ4v) is 4.94. The van der Waals surface area contributed by atoms with Crippen LogP contribution in [0.5, 0.6) is 0 Å². The summed E-state index contributed by atoms with van der Waals surface area (Å²) in [6.45, 7) is 3.16. The zero-order valence-corrected chi connectivity index (χ0v) is 22.0. The third-order valence-electron chi connectivity index (χ3n) is 7.10. The molecule has 7 nitrogen and oxygen atoms in total. The molecule has 0 fully saturated rings. The highest BCUT2D eigenvalue weighted by molar-refractivity contribution is 5.71. The second-order valence-electron chi connectivity index (χ2n) is 9.84. The molecule has 4 aromatic carbocycles. The van der Waals surface area contributed by atoms with Crippen molar-refractivity contribution in [2.24, 2.45) is 0 Å². The zero-order chi connectivity index (χ0) is 27.5. The van der Waals surface area contributed by atoms with Crippen molar-refractivity contribution in [1.29, 1.82) is 0 Å². The summed E-state index contributed by atoms with van der Waals surface area (Å²) in [5.41, 5.74) is 8.84. The van der Waals surface area contributed by atoms with Crippen molar-refractivity contribution in [2.75, 3.05) is 0 Å². The van der Waals surface area contributed by atoms with E-state index in [4.69, 9.17) is 0 Å². The molecule has 0 aliphatic carbocycles. The number of benzene rings is 4. The lowest BCUT2D eigenvalue weighted by atomic mass is 10.00. The standard InChI is InChI=1S/C33H27N5O2/c1-24-7-9-25(10-8-24)20-36-22-34-19-33(36)28-13-11-26(12-14-28)29-15-16-30(31(17-29)38(39)40)21-37-23-35-18-32(37)27-5-3-2-4-6-27/h2-19,22-23H,20-21H2,1H3. The van der Waals surface area contributed by atoms with Crippen LogP contribution >= 0.6 is 0 Å². The van der Waals surface area contributed by atoms with E-state index in [1.807, 2.05) is 83.8 Å². The first-order valence-corrected chi connectivity index (χ1v) is 13.0. The van der Waals surface area contributed by atoms with Gasteiger partial charge in [0, 0.05) is 18.2 Å². The third kappa shape index (κ3) is 5.17. The summed E-state index contributed by atoms with van der Waals surface area (Å²) in [4.78, 5) is 20.4. The monoisotopic (exact) mass is 525 g/mol. The van der Waals surface area contributed by atoms with Crippen LogP contribution in [0.2, 0.25) is 0 Å². The molecule has 6 rings (SSSR count). The van der Waals surface area contributed by atoms with Crippen LogP contribution < -0.4 is 0 Å². The smallest absolute Gasteiger partial charge is 0.275 e. The van der Waals surface area contributed by atoms with Crippen molar-refractivity contribution in [3.63, 3.8) is 0 Å². The van der Waals surface area contributed by atoms with Crippen LogP contribution in [-0.4, -0.2) is 24.0 Å². The minimum atomic E-state index is -0.310. The molecule has 0 aliphatic heterocycles. The van der Waals surface area contributed by atoms with Gasteiger partial charge in [-0.15, -0.1) is 0 Å². The van der Waals surface area contributed by atoms with Crippen LogP contribution in [0.25, 0.3) is 33.6 Å². The van der Waals surface area contributed by atoms with Gasteiger partial charge in [0.05, 0.1) is 47.9 Å². The molecule has 0 atom stereocenters. The lowest BCUT2D eigenvalue weighted by molar-refractivity contribution is -0.385. The molecule has 0 amide bonds. The highest BCUT2D eigenvalue weighted by Gasteiger charge is 2.17. The van der Waals surface area contributed by atoms with Crippen LogP contribution in [-0.2, 0) is 13.1 Å². The fraction of sp³-hybridized carbons (Fsp3) is 0.0909. The van der Waals surface area contributed by atoms with Gasteiger partial charge < -0.3 is 9.13 Å². The summed E-state index contributed by atoms with van der Waals surface area (Å²) in [6.07, 6.45) is 7.20. The van der Waals surface area contributed by atoms with Gasteiger partial charge in [0.25, 0.3) is 5.69 Å². The SMILES string of the molecule is Cc1ccc(Cn2cncc2-c2ccc(-c3ccc(Cn4cncc4-c4ccccc4)c([N+](=O)[O-])c3)cc2)cc1. The Kier molecular flexibility index (Phi) is 6.77. The number of imidazole rings is 2. The van der Waals surface area contributed by atoms with Crippen LogP contribution in [0, 0.1) is 17.0 Å². The lowest BCUT2D eigenvalue weighted by Gasteiger charge is -2.11. The number of nitro benzene ring substituents is 1. The number of rotatable bonds is 8. The predicted octanol–water partition coefficient (Wildman–Crippen LogP) is 7.39. The fourth-order valence-electron chi connectivity index (χ4n) is 4.94.